The molecule has 3 rings (SSSR count). The van der Waals surface area contributed by atoms with Crippen molar-refractivity contribution in [2.24, 2.45) is 0 Å². The minimum atomic E-state index is -0.138. The molecule has 17 heavy (non-hydrogen) atoms. The van der Waals surface area contributed by atoms with E-state index in [0.717, 1.165) is 17.1 Å². The summed E-state index contributed by atoms with van der Waals surface area (Å²) in [7, 11) is 1.65. The maximum absolute atomic E-state index is 12.3. The molecule has 88 valence electrons. The largest absolute Gasteiger partial charge is 0.363 e. The molecule has 0 spiro atoms. The highest BCUT2D eigenvalue weighted by atomic mass is 32.2. The number of ether oxygens (including phenoxy) is 1. The molecule has 1 atom stereocenters. The van der Waals surface area contributed by atoms with Gasteiger partial charge in [-0.1, -0.05) is 12.1 Å². The van der Waals surface area contributed by atoms with Crippen LogP contribution in [-0.4, -0.2) is 22.4 Å². The van der Waals surface area contributed by atoms with Crippen LogP contribution in [0.25, 0.3) is 10.9 Å². The molecule has 0 N–H and O–H groups in total. The van der Waals surface area contributed by atoms with Gasteiger partial charge in [0.15, 0.2) is 11.3 Å². The lowest BCUT2D eigenvalue weighted by Gasteiger charge is -2.24. The van der Waals surface area contributed by atoms with Gasteiger partial charge in [-0.25, -0.2) is 4.98 Å². The Bertz CT molecular complexity index is 623. The molecule has 1 aromatic heterocycles. The van der Waals surface area contributed by atoms with Crippen molar-refractivity contribution in [3.8, 4) is 0 Å². The number of rotatable bonds is 1. The van der Waals surface area contributed by atoms with Crippen LogP contribution < -0.4 is 5.56 Å². The molecule has 0 saturated heterocycles. The predicted octanol–water partition coefficient (Wildman–Crippen LogP) is 1.79. The quantitative estimate of drug-likeness (QED) is 0.771. The van der Waals surface area contributed by atoms with Crippen LogP contribution in [0.4, 0.5) is 0 Å². The van der Waals surface area contributed by atoms with Crippen molar-refractivity contribution in [3.63, 3.8) is 0 Å². The number of nitrogens with zero attached hydrogens (tertiary/aromatic N) is 2. The van der Waals surface area contributed by atoms with Gasteiger partial charge >= 0.3 is 0 Å². The van der Waals surface area contributed by atoms with Crippen molar-refractivity contribution in [2.45, 2.75) is 12.0 Å². The highest BCUT2D eigenvalue weighted by Crippen LogP contribution is 2.31. The predicted molar refractivity (Wildman–Crippen MR) is 68.2 cm³/mol. The highest BCUT2D eigenvalue weighted by molar-refractivity contribution is 7.99. The summed E-state index contributed by atoms with van der Waals surface area (Å²) in [6, 6.07) is 7.44. The van der Waals surface area contributed by atoms with E-state index in [1.54, 1.807) is 23.4 Å². The standard InChI is InChI=1S/C12H12N2O2S/c1-16-12-10-13-9-5-3-2-4-8(9)11(15)14(10)6-7-17-12/h2-5,12H,6-7H2,1H3/t12-/m1/s1. The number of fused-ring (bicyclic) bond motifs is 2. The fourth-order valence-electron chi connectivity index (χ4n) is 2.08. The van der Waals surface area contributed by atoms with Gasteiger partial charge in [0.2, 0.25) is 0 Å². The Morgan fingerprint density at radius 3 is 3.12 bits per heavy atom. The molecule has 0 fully saturated rings. The van der Waals surface area contributed by atoms with E-state index in [1.165, 1.54) is 0 Å². The second-order valence-electron chi connectivity index (χ2n) is 3.88. The van der Waals surface area contributed by atoms with E-state index in [-0.39, 0.29) is 11.0 Å². The normalized spacial score (nSPS) is 19.2. The van der Waals surface area contributed by atoms with E-state index in [4.69, 9.17) is 4.74 Å². The molecule has 0 bridgehead atoms. The van der Waals surface area contributed by atoms with Gasteiger partial charge in [-0.05, 0) is 12.1 Å². The van der Waals surface area contributed by atoms with Crippen LogP contribution in [-0.2, 0) is 11.3 Å². The van der Waals surface area contributed by atoms with Crippen molar-refractivity contribution in [1.82, 2.24) is 9.55 Å². The molecular formula is C12H12N2O2S. The number of methoxy groups -OCH3 is 1. The van der Waals surface area contributed by atoms with Crippen molar-refractivity contribution >= 4 is 22.7 Å². The van der Waals surface area contributed by atoms with E-state index in [0.29, 0.717) is 11.9 Å². The number of hydrogen-bond acceptors (Lipinski definition) is 4. The van der Waals surface area contributed by atoms with Crippen LogP contribution >= 0.6 is 11.8 Å². The number of aromatic nitrogens is 2. The zero-order valence-corrected chi connectivity index (χ0v) is 10.2. The summed E-state index contributed by atoms with van der Waals surface area (Å²) >= 11 is 1.68. The van der Waals surface area contributed by atoms with Gasteiger partial charge in [-0.2, -0.15) is 0 Å². The summed E-state index contributed by atoms with van der Waals surface area (Å²) in [6.45, 7) is 0.705. The first-order chi connectivity index (χ1) is 8.31. The maximum atomic E-state index is 12.3. The summed E-state index contributed by atoms with van der Waals surface area (Å²) in [5.41, 5.74) is 0.641. The lowest BCUT2D eigenvalue weighted by molar-refractivity contribution is 0.161. The Morgan fingerprint density at radius 2 is 2.29 bits per heavy atom. The summed E-state index contributed by atoms with van der Waals surface area (Å²) in [5.74, 6) is 1.61. The van der Waals surface area contributed by atoms with Crippen LogP contribution in [0.2, 0.25) is 0 Å². The Balaban J connectivity index is 2.34. The Morgan fingerprint density at radius 1 is 1.47 bits per heavy atom. The van der Waals surface area contributed by atoms with Gasteiger partial charge in [-0.3, -0.25) is 9.36 Å². The maximum Gasteiger partial charge on any atom is 0.261 e. The van der Waals surface area contributed by atoms with Crippen LogP contribution in [0.5, 0.6) is 0 Å². The minimum Gasteiger partial charge on any atom is -0.363 e. The average molecular weight is 248 g/mol. The van der Waals surface area contributed by atoms with E-state index in [2.05, 4.69) is 4.98 Å². The molecule has 0 saturated carbocycles. The molecule has 1 aromatic carbocycles. The molecule has 1 aliphatic heterocycles. The SMILES string of the molecule is CO[C@@H]1SCCn2c1nc1ccccc1c2=O. The van der Waals surface area contributed by atoms with Gasteiger partial charge in [-0.15, -0.1) is 11.8 Å². The summed E-state index contributed by atoms with van der Waals surface area (Å²) in [6.07, 6.45) is 0. The van der Waals surface area contributed by atoms with Crippen LogP contribution in [0.3, 0.4) is 0 Å². The van der Waals surface area contributed by atoms with Gasteiger partial charge < -0.3 is 4.74 Å². The molecule has 0 amide bonds. The van der Waals surface area contributed by atoms with E-state index in [1.807, 2.05) is 24.3 Å². The average Bonchev–Trinajstić information content (AvgIpc) is 2.38. The third-order valence-corrected chi connectivity index (χ3v) is 4.02. The zero-order valence-electron chi connectivity index (χ0n) is 9.42. The van der Waals surface area contributed by atoms with Crippen molar-refractivity contribution in [3.05, 3.63) is 40.4 Å². The van der Waals surface area contributed by atoms with E-state index >= 15 is 0 Å². The molecular weight excluding hydrogens is 236 g/mol. The molecule has 2 aromatic rings. The van der Waals surface area contributed by atoms with Crippen LogP contribution in [0.15, 0.2) is 29.1 Å². The Labute approximate surface area is 103 Å². The van der Waals surface area contributed by atoms with Crippen molar-refractivity contribution in [1.29, 1.82) is 0 Å². The number of thioether (sulfide) groups is 1. The summed E-state index contributed by atoms with van der Waals surface area (Å²) < 4.78 is 7.09. The van der Waals surface area contributed by atoms with E-state index in [9.17, 15) is 4.79 Å². The zero-order chi connectivity index (χ0) is 11.8. The second-order valence-corrected chi connectivity index (χ2v) is 5.05. The monoisotopic (exact) mass is 248 g/mol. The van der Waals surface area contributed by atoms with Crippen LogP contribution in [0, 0.1) is 0 Å². The first-order valence-corrected chi connectivity index (χ1v) is 6.50. The van der Waals surface area contributed by atoms with E-state index < -0.39 is 0 Å². The molecule has 5 heteroatoms. The van der Waals surface area contributed by atoms with Crippen molar-refractivity contribution in [2.75, 3.05) is 12.9 Å². The van der Waals surface area contributed by atoms with Gasteiger partial charge in [0.1, 0.15) is 0 Å². The fourth-order valence-corrected chi connectivity index (χ4v) is 3.05. The molecule has 1 aliphatic rings. The summed E-state index contributed by atoms with van der Waals surface area (Å²) in [4.78, 5) is 16.8. The topological polar surface area (TPSA) is 44.1 Å². The molecule has 2 heterocycles. The smallest absolute Gasteiger partial charge is 0.261 e. The first kappa shape index (κ1) is 10.8. The Hall–Kier alpha value is -1.33. The molecule has 0 aliphatic carbocycles. The number of para-hydroxylation sites is 1. The third-order valence-electron chi connectivity index (χ3n) is 2.90. The first-order valence-electron chi connectivity index (χ1n) is 5.45. The summed E-state index contributed by atoms with van der Waals surface area (Å²) in [5, 5.41) is 0.679. The lowest BCUT2D eigenvalue weighted by Crippen LogP contribution is -2.30. The third kappa shape index (κ3) is 1.66. The van der Waals surface area contributed by atoms with Crippen molar-refractivity contribution < 1.29 is 4.74 Å². The number of hydrogen-bond donors (Lipinski definition) is 0. The highest BCUT2D eigenvalue weighted by Gasteiger charge is 2.23. The fraction of sp³-hybridized carbons (Fsp3) is 0.333. The van der Waals surface area contributed by atoms with Gasteiger partial charge in [0, 0.05) is 19.4 Å². The minimum absolute atomic E-state index is 0.0351. The second kappa shape index (κ2) is 4.16. The van der Waals surface area contributed by atoms with Gasteiger partial charge in [0.05, 0.1) is 10.9 Å². The molecule has 0 unspecified atom stereocenters. The van der Waals surface area contributed by atoms with Crippen LogP contribution in [0.1, 0.15) is 11.3 Å². The van der Waals surface area contributed by atoms with Gasteiger partial charge in [0.25, 0.3) is 5.56 Å². The molecule has 4 nitrogen and oxygen atoms in total. The Kier molecular flexibility index (Phi) is 2.64. The lowest BCUT2D eigenvalue weighted by atomic mass is 10.2. The number of benzene rings is 1. The molecule has 0 radical (unpaired) electrons.